The van der Waals surface area contributed by atoms with Crippen LogP contribution in [0.5, 0.6) is 5.75 Å². The lowest BCUT2D eigenvalue weighted by Gasteiger charge is -2.33. The molecule has 0 aliphatic rings. The van der Waals surface area contributed by atoms with Crippen LogP contribution in [0.15, 0.2) is 97.1 Å². The van der Waals surface area contributed by atoms with E-state index in [0.29, 0.717) is 14.3 Å². The summed E-state index contributed by atoms with van der Waals surface area (Å²) in [4.78, 5) is 0. The van der Waals surface area contributed by atoms with Gasteiger partial charge in [-0.2, -0.15) is 0 Å². The van der Waals surface area contributed by atoms with Gasteiger partial charge in [0.05, 0.1) is 0 Å². The molecule has 0 bridgehead atoms. The van der Waals surface area contributed by atoms with Crippen LogP contribution in [0, 0.1) is 10.5 Å². The molecule has 1 N–H and O–H groups in total. The van der Waals surface area contributed by atoms with Crippen molar-refractivity contribution >= 4 is 60.3 Å². The molecule has 4 heteroatoms. The van der Waals surface area contributed by atoms with Crippen molar-refractivity contribution in [2.24, 2.45) is 0 Å². The fourth-order valence-electron chi connectivity index (χ4n) is 4.15. The van der Waals surface area contributed by atoms with Crippen LogP contribution in [-0.4, -0.2) is 5.11 Å². The van der Waals surface area contributed by atoms with Gasteiger partial charge in [-0.15, -0.1) is 0 Å². The molecule has 0 heterocycles. The lowest BCUT2D eigenvalue weighted by Crippen LogP contribution is -2.32. The van der Waals surface area contributed by atoms with Gasteiger partial charge in [0.2, 0.25) is 0 Å². The molecule has 0 spiro atoms. The minimum atomic E-state index is -0.681. The quantitative estimate of drug-likeness (QED) is 0.190. The van der Waals surface area contributed by atoms with Crippen molar-refractivity contribution in [3.63, 3.8) is 0 Å². The normalized spacial score (nSPS) is 13.5. The molecule has 1 nitrogen and oxygen atoms in total. The maximum absolute atomic E-state index is 10.8. The highest BCUT2D eigenvalue weighted by molar-refractivity contribution is 14.1. The van der Waals surface area contributed by atoms with E-state index in [2.05, 4.69) is 128 Å². The summed E-state index contributed by atoms with van der Waals surface area (Å²) in [6, 6.07) is 34.5. The van der Waals surface area contributed by atoms with Gasteiger partial charge in [0.15, 0.2) is 0 Å². The molecule has 0 saturated heterocycles. The molecular formula is C29H29IOP2. The predicted octanol–water partition coefficient (Wildman–Crippen LogP) is 6.69. The Morgan fingerprint density at radius 3 is 2.03 bits per heavy atom. The van der Waals surface area contributed by atoms with E-state index in [0.717, 1.165) is 15.6 Å². The molecule has 0 fully saturated rings. The van der Waals surface area contributed by atoms with Crippen LogP contribution in [-0.2, 0) is 5.16 Å². The number of rotatable bonds is 7. The predicted molar refractivity (Wildman–Crippen MR) is 156 cm³/mol. The lowest BCUT2D eigenvalue weighted by molar-refractivity contribution is 0.456. The molecule has 2 unspecified atom stereocenters. The molecule has 0 aliphatic carbocycles. The summed E-state index contributed by atoms with van der Waals surface area (Å²) in [5, 5.41) is 16.2. The number of phenols is 1. The number of hydrogen-bond acceptors (Lipinski definition) is 1. The summed E-state index contributed by atoms with van der Waals surface area (Å²) in [5.41, 5.74) is 2.38. The highest BCUT2D eigenvalue weighted by Crippen LogP contribution is 2.48. The molecule has 0 aromatic heterocycles. The Balaban J connectivity index is 1.88. The summed E-state index contributed by atoms with van der Waals surface area (Å²) in [7, 11) is -0.129. The third-order valence-corrected chi connectivity index (χ3v) is 11.6. The molecule has 2 atom stereocenters. The zero-order chi connectivity index (χ0) is 23.4. The molecule has 0 aliphatic heterocycles. The third-order valence-electron chi connectivity index (χ3n) is 6.18. The van der Waals surface area contributed by atoms with Gasteiger partial charge in [0.25, 0.3) is 0 Å². The molecular weight excluding hydrogens is 553 g/mol. The minimum absolute atomic E-state index is 0.138. The zero-order valence-corrected chi connectivity index (χ0v) is 23.3. The first-order valence-corrected chi connectivity index (χ1v) is 14.6. The first-order valence-electron chi connectivity index (χ1n) is 11.2. The Morgan fingerprint density at radius 2 is 1.45 bits per heavy atom. The lowest BCUT2D eigenvalue weighted by atomic mass is 9.96. The fourth-order valence-corrected chi connectivity index (χ4v) is 9.13. The van der Waals surface area contributed by atoms with Crippen molar-refractivity contribution in [3.05, 3.63) is 112 Å². The number of phenolic OH excluding ortho intramolecular Hbond substituents is 1. The van der Waals surface area contributed by atoms with E-state index in [9.17, 15) is 5.11 Å². The highest BCUT2D eigenvalue weighted by atomic mass is 127. The molecule has 33 heavy (non-hydrogen) atoms. The summed E-state index contributed by atoms with van der Waals surface area (Å²) >= 11 is 2.34. The van der Waals surface area contributed by atoms with Gasteiger partial charge in [0.1, 0.15) is 5.75 Å². The molecule has 4 aromatic rings. The van der Waals surface area contributed by atoms with Crippen molar-refractivity contribution in [1.29, 1.82) is 0 Å². The second-order valence-electron chi connectivity index (χ2n) is 8.45. The van der Waals surface area contributed by atoms with E-state index >= 15 is 0 Å². The van der Waals surface area contributed by atoms with E-state index in [1.807, 2.05) is 12.1 Å². The van der Waals surface area contributed by atoms with E-state index < -0.39 is 7.92 Å². The van der Waals surface area contributed by atoms with Crippen LogP contribution in [0.25, 0.3) is 0 Å². The Kier molecular flexibility index (Phi) is 7.90. The first kappa shape index (κ1) is 24.4. The van der Waals surface area contributed by atoms with Crippen LogP contribution >= 0.6 is 39.1 Å². The van der Waals surface area contributed by atoms with E-state index in [1.165, 1.54) is 26.8 Å². The SMILES string of the molecule is CCC(C)(Pc1c(C)cccc1P(c1ccccc1)c1ccccc1)c1cc(I)ccc1O. The van der Waals surface area contributed by atoms with Crippen molar-refractivity contribution in [3.8, 4) is 5.75 Å². The van der Waals surface area contributed by atoms with E-state index in [1.54, 1.807) is 0 Å². The Bertz CT molecular complexity index is 1190. The molecule has 4 rings (SSSR count). The smallest absolute Gasteiger partial charge is 0.119 e. The number of benzene rings is 4. The Morgan fingerprint density at radius 1 is 0.848 bits per heavy atom. The van der Waals surface area contributed by atoms with Gasteiger partial charge in [0, 0.05) is 14.3 Å². The topological polar surface area (TPSA) is 20.2 Å². The monoisotopic (exact) mass is 582 g/mol. The largest absolute Gasteiger partial charge is 0.508 e. The van der Waals surface area contributed by atoms with Gasteiger partial charge in [-0.05, 0) is 88.8 Å². The highest BCUT2D eigenvalue weighted by Gasteiger charge is 2.31. The van der Waals surface area contributed by atoms with Crippen molar-refractivity contribution < 1.29 is 5.11 Å². The van der Waals surface area contributed by atoms with Gasteiger partial charge in [-0.3, -0.25) is 0 Å². The molecule has 168 valence electrons. The molecule has 0 radical (unpaired) electrons. The summed E-state index contributed by atoms with van der Waals surface area (Å²) in [5.74, 6) is 0.399. The number of aryl methyl sites for hydroxylation is 1. The van der Waals surface area contributed by atoms with Crippen LogP contribution in [0.2, 0.25) is 0 Å². The van der Waals surface area contributed by atoms with Gasteiger partial charge < -0.3 is 5.11 Å². The number of aromatic hydroxyl groups is 1. The fraction of sp³-hybridized carbons (Fsp3) is 0.172. The standard InChI is InChI=1S/C29H29IOP2/c1-4-29(3,25-20-22(30)18-19-26(25)31)32-28-21(2)12-11-17-27(28)33(23-13-7-5-8-14-23)24-15-9-6-10-16-24/h5-20,31-32H,4H2,1-3H3. The summed E-state index contributed by atoms with van der Waals surface area (Å²) in [6.07, 6.45) is 0.960. The van der Waals surface area contributed by atoms with Crippen LogP contribution in [0.1, 0.15) is 31.4 Å². The maximum Gasteiger partial charge on any atom is 0.119 e. The third kappa shape index (κ3) is 5.35. The zero-order valence-electron chi connectivity index (χ0n) is 19.2. The van der Waals surface area contributed by atoms with Crippen molar-refractivity contribution in [1.82, 2.24) is 0 Å². The van der Waals surface area contributed by atoms with Crippen molar-refractivity contribution in [2.45, 2.75) is 32.3 Å². The average molecular weight is 582 g/mol. The maximum atomic E-state index is 10.8. The number of hydrogen-bond donors (Lipinski definition) is 1. The van der Waals surface area contributed by atoms with E-state index in [-0.39, 0.29) is 5.16 Å². The van der Waals surface area contributed by atoms with Crippen molar-refractivity contribution in [2.75, 3.05) is 0 Å². The van der Waals surface area contributed by atoms with Gasteiger partial charge in [-0.1, -0.05) is 101 Å². The first-order chi connectivity index (χ1) is 15.9. The van der Waals surface area contributed by atoms with Crippen LogP contribution in [0.4, 0.5) is 0 Å². The van der Waals surface area contributed by atoms with E-state index in [4.69, 9.17) is 0 Å². The van der Waals surface area contributed by atoms with Gasteiger partial charge in [-0.25, -0.2) is 0 Å². The second-order valence-corrected chi connectivity index (χ2v) is 13.7. The minimum Gasteiger partial charge on any atom is -0.508 e. The van der Waals surface area contributed by atoms with Gasteiger partial charge >= 0.3 is 0 Å². The number of halogens is 1. The molecule has 0 amide bonds. The molecule has 4 aromatic carbocycles. The second kappa shape index (κ2) is 10.7. The van der Waals surface area contributed by atoms with Crippen LogP contribution < -0.4 is 21.2 Å². The summed E-state index contributed by atoms with van der Waals surface area (Å²) in [6.45, 7) is 6.78. The van der Waals surface area contributed by atoms with Crippen LogP contribution in [0.3, 0.4) is 0 Å². The Labute approximate surface area is 214 Å². The Hall–Kier alpha value is -1.73. The average Bonchev–Trinajstić information content (AvgIpc) is 2.84. The summed E-state index contributed by atoms with van der Waals surface area (Å²) < 4.78 is 1.16. The molecule has 0 saturated carbocycles.